The van der Waals surface area contributed by atoms with Crippen LogP contribution in [0, 0.1) is 6.07 Å². The summed E-state index contributed by atoms with van der Waals surface area (Å²) in [6, 6.07) is 10.3. The molecule has 0 spiro atoms. The summed E-state index contributed by atoms with van der Waals surface area (Å²) in [6.45, 7) is 0. The van der Waals surface area contributed by atoms with Crippen LogP contribution in [0.25, 0.3) is 10.4 Å². The third-order valence-electron chi connectivity index (χ3n) is 1.66. The van der Waals surface area contributed by atoms with Gasteiger partial charge < -0.3 is 0 Å². The maximum Gasteiger partial charge on any atom is 0.0493 e. The summed E-state index contributed by atoms with van der Waals surface area (Å²) in [6.07, 6.45) is 0. The summed E-state index contributed by atoms with van der Waals surface area (Å²) < 4.78 is 0. The van der Waals surface area contributed by atoms with Gasteiger partial charge >= 0.3 is 0 Å². The van der Waals surface area contributed by atoms with E-state index in [1.807, 2.05) is 17.5 Å². The summed E-state index contributed by atoms with van der Waals surface area (Å²) in [4.78, 5) is 1.09. The number of hydrogen-bond donors (Lipinski definition) is 0. The molecule has 0 N–H and O–H groups in total. The highest BCUT2D eigenvalue weighted by molar-refractivity contribution is 7.13. The molecule has 1 radical (unpaired) electrons. The first-order valence-electron chi connectivity index (χ1n) is 3.67. The number of hydrogen-bond acceptors (Lipinski definition) is 1. The molecule has 1 heterocycles. The fourth-order valence-electron chi connectivity index (χ4n) is 1.07. The van der Waals surface area contributed by atoms with E-state index in [0.29, 0.717) is 5.02 Å². The molecular formula is C10H5Cl2S. The molecular weight excluding hydrogens is 223 g/mol. The molecule has 0 atom stereocenters. The van der Waals surface area contributed by atoms with E-state index in [-0.39, 0.29) is 0 Å². The zero-order chi connectivity index (χ0) is 9.26. The van der Waals surface area contributed by atoms with Crippen molar-refractivity contribution in [1.29, 1.82) is 0 Å². The predicted octanol–water partition coefficient (Wildman–Crippen LogP) is 4.52. The van der Waals surface area contributed by atoms with Crippen LogP contribution in [0.3, 0.4) is 0 Å². The topological polar surface area (TPSA) is 0 Å². The van der Waals surface area contributed by atoms with Crippen LogP contribution in [0.1, 0.15) is 0 Å². The van der Waals surface area contributed by atoms with E-state index in [9.17, 15) is 0 Å². The van der Waals surface area contributed by atoms with Gasteiger partial charge in [-0.2, -0.15) is 0 Å². The number of benzene rings is 1. The third-order valence-corrected chi connectivity index (χ3v) is 3.07. The van der Waals surface area contributed by atoms with Gasteiger partial charge in [-0.3, -0.25) is 0 Å². The number of thiophene rings is 1. The Labute approximate surface area is 90.7 Å². The summed E-state index contributed by atoms with van der Waals surface area (Å²) in [7, 11) is 0. The van der Waals surface area contributed by atoms with Crippen LogP contribution < -0.4 is 0 Å². The quantitative estimate of drug-likeness (QED) is 0.673. The van der Waals surface area contributed by atoms with Crippen molar-refractivity contribution >= 4 is 34.5 Å². The molecule has 0 aliphatic carbocycles. The molecule has 0 bridgehead atoms. The van der Waals surface area contributed by atoms with Crippen LogP contribution in [0.5, 0.6) is 0 Å². The van der Waals surface area contributed by atoms with Crippen molar-refractivity contribution in [2.24, 2.45) is 0 Å². The van der Waals surface area contributed by atoms with E-state index in [0.717, 1.165) is 15.5 Å². The lowest BCUT2D eigenvalue weighted by molar-refractivity contribution is 1.69. The third kappa shape index (κ3) is 1.88. The van der Waals surface area contributed by atoms with Gasteiger partial charge in [-0.05, 0) is 35.7 Å². The van der Waals surface area contributed by atoms with Crippen LogP contribution in [-0.4, -0.2) is 0 Å². The van der Waals surface area contributed by atoms with E-state index in [2.05, 4.69) is 6.07 Å². The Bertz CT molecular complexity index is 407. The van der Waals surface area contributed by atoms with Gasteiger partial charge in [-0.15, -0.1) is 11.3 Å². The average molecular weight is 228 g/mol. The fraction of sp³-hybridized carbons (Fsp3) is 0. The van der Waals surface area contributed by atoms with Crippen LogP contribution in [0.4, 0.5) is 0 Å². The van der Waals surface area contributed by atoms with Crippen LogP contribution in [0.15, 0.2) is 29.6 Å². The highest BCUT2D eigenvalue weighted by atomic mass is 35.5. The lowest BCUT2D eigenvalue weighted by Gasteiger charge is -2.00. The molecule has 65 valence electrons. The molecule has 0 fully saturated rings. The van der Waals surface area contributed by atoms with Gasteiger partial charge in [0, 0.05) is 20.5 Å². The molecule has 3 heteroatoms. The second-order valence-corrected chi connectivity index (χ2v) is 4.29. The Morgan fingerprint density at radius 1 is 1.23 bits per heavy atom. The first-order valence-corrected chi connectivity index (χ1v) is 5.31. The van der Waals surface area contributed by atoms with Gasteiger partial charge in [0.25, 0.3) is 0 Å². The highest BCUT2D eigenvalue weighted by Crippen LogP contribution is 2.32. The van der Waals surface area contributed by atoms with Crippen molar-refractivity contribution in [2.45, 2.75) is 0 Å². The first kappa shape index (κ1) is 9.07. The summed E-state index contributed by atoms with van der Waals surface area (Å²) in [5.74, 6) is 0. The van der Waals surface area contributed by atoms with Crippen molar-refractivity contribution in [3.63, 3.8) is 0 Å². The predicted molar refractivity (Wildman–Crippen MR) is 58.6 cm³/mol. The maximum absolute atomic E-state index is 6.02. The molecule has 1 aromatic carbocycles. The molecule has 2 rings (SSSR count). The van der Waals surface area contributed by atoms with Crippen molar-refractivity contribution in [3.8, 4) is 10.4 Å². The van der Waals surface area contributed by atoms with Gasteiger partial charge in [-0.25, -0.2) is 0 Å². The Morgan fingerprint density at radius 3 is 2.77 bits per heavy atom. The molecule has 0 aliphatic heterocycles. The van der Waals surface area contributed by atoms with Crippen LogP contribution in [-0.2, 0) is 0 Å². The van der Waals surface area contributed by atoms with Crippen molar-refractivity contribution in [3.05, 3.63) is 45.8 Å². The van der Waals surface area contributed by atoms with Gasteiger partial charge in [0.05, 0.1) is 0 Å². The van der Waals surface area contributed by atoms with E-state index >= 15 is 0 Å². The highest BCUT2D eigenvalue weighted by Gasteiger charge is 2.04. The van der Waals surface area contributed by atoms with E-state index in [1.54, 1.807) is 23.5 Å². The smallest absolute Gasteiger partial charge is 0.0493 e. The van der Waals surface area contributed by atoms with E-state index in [4.69, 9.17) is 23.2 Å². The summed E-state index contributed by atoms with van der Waals surface area (Å²) in [5.41, 5.74) is 0.973. The van der Waals surface area contributed by atoms with E-state index in [1.165, 1.54) is 0 Å². The monoisotopic (exact) mass is 227 g/mol. The van der Waals surface area contributed by atoms with Gasteiger partial charge in [-0.1, -0.05) is 23.2 Å². The normalized spacial score (nSPS) is 10.3. The lowest BCUT2D eigenvalue weighted by atomic mass is 10.2. The first-order chi connectivity index (χ1) is 6.27. The SMILES string of the molecule is Clc1ccc(Cl)c(-c2c[c]cs2)c1. The summed E-state index contributed by atoms with van der Waals surface area (Å²) in [5, 5.41) is 3.32. The van der Waals surface area contributed by atoms with Gasteiger partial charge in [0.15, 0.2) is 0 Å². The molecule has 0 saturated carbocycles. The Hall–Kier alpha value is -0.500. The minimum atomic E-state index is 0.702. The lowest BCUT2D eigenvalue weighted by Crippen LogP contribution is -1.74. The fourth-order valence-corrected chi connectivity index (χ4v) is 2.21. The Kier molecular flexibility index (Phi) is 2.58. The molecule has 0 aliphatic rings. The standard InChI is InChI=1S/C10H5Cl2S/c11-7-3-4-9(12)8(6-7)10-2-1-5-13-10/h2-6H. The Balaban J connectivity index is 2.57. The second-order valence-electron chi connectivity index (χ2n) is 2.54. The summed E-state index contributed by atoms with van der Waals surface area (Å²) >= 11 is 13.5. The molecule has 0 amide bonds. The molecule has 2 aromatic rings. The minimum Gasteiger partial charge on any atom is -0.143 e. The second kappa shape index (κ2) is 3.70. The van der Waals surface area contributed by atoms with E-state index < -0.39 is 0 Å². The average Bonchev–Trinajstić information content (AvgIpc) is 2.61. The maximum atomic E-state index is 6.02. The van der Waals surface area contributed by atoms with Gasteiger partial charge in [0.2, 0.25) is 0 Å². The zero-order valence-corrected chi connectivity index (χ0v) is 8.88. The van der Waals surface area contributed by atoms with Crippen LogP contribution in [0.2, 0.25) is 10.0 Å². The largest absolute Gasteiger partial charge is 0.143 e. The molecule has 0 unspecified atom stereocenters. The van der Waals surface area contributed by atoms with Crippen molar-refractivity contribution in [2.75, 3.05) is 0 Å². The van der Waals surface area contributed by atoms with Crippen molar-refractivity contribution in [1.82, 2.24) is 0 Å². The number of rotatable bonds is 1. The Morgan fingerprint density at radius 2 is 2.08 bits per heavy atom. The molecule has 0 saturated heterocycles. The molecule has 13 heavy (non-hydrogen) atoms. The minimum absolute atomic E-state index is 0.702. The van der Waals surface area contributed by atoms with Gasteiger partial charge in [0.1, 0.15) is 0 Å². The zero-order valence-electron chi connectivity index (χ0n) is 6.55. The number of halogens is 2. The molecule has 1 aromatic heterocycles. The molecule has 0 nitrogen and oxygen atoms in total. The van der Waals surface area contributed by atoms with Crippen LogP contribution >= 0.6 is 34.5 Å². The van der Waals surface area contributed by atoms with Crippen molar-refractivity contribution < 1.29 is 0 Å².